The van der Waals surface area contributed by atoms with E-state index in [-0.39, 0.29) is 16.0 Å². The maximum Gasteiger partial charge on any atom is 0.270 e. The van der Waals surface area contributed by atoms with Crippen LogP contribution in [0.5, 0.6) is 0 Å². The van der Waals surface area contributed by atoms with E-state index in [0.717, 1.165) is 31.7 Å². The van der Waals surface area contributed by atoms with Crippen LogP contribution in [0.15, 0.2) is 40.6 Å². The summed E-state index contributed by atoms with van der Waals surface area (Å²) in [6, 6.07) is 7.69. The largest absolute Gasteiger partial charge is 0.354 e. The third kappa shape index (κ3) is 4.82. The molecule has 1 heterocycles. The van der Waals surface area contributed by atoms with Crippen LogP contribution in [0, 0.1) is 17.0 Å². The number of nitro benzene ring substituents is 1. The number of aryl methyl sites for hydroxylation is 1. The molecule has 0 bridgehead atoms. The first-order valence-corrected chi connectivity index (χ1v) is 11.7. The van der Waals surface area contributed by atoms with Gasteiger partial charge in [-0.15, -0.1) is 11.3 Å². The summed E-state index contributed by atoms with van der Waals surface area (Å²) >= 11 is 1.67. The number of nitro groups is 1. The second kappa shape index (κ2) is 8.60. The predicted molar refractivity (Wildman–Crippen MR) is 110 cm³/mol. The lowest BCUT2D eigenvalue weighted by molar-refractivity contribution is -0.385. The molecule has 0 saturated heterocycles. The van der Waals surface area contributed by atoms with Crippen molar-refractivity contribution in [1.29, 1.82) is 0 Å². The summed E-state index contributed by atoms with van der Waals surface area (Å²) in [5, 5.41) is 15.8. The Bertz CT molecular complexity index is 997. The summed E-state index contributed by atoms with van der Waals surface area (Å²) in [6.07, 6.45) is 4.19. The Labute approximate surface area is 173 Å². The van der Waals surface area contributed by atoms with Gasteiger partial charge in [-0.05, 0) is 36.8 Å². The highest BCUT2D eigenvalue weighted by atomic mass is 32.2. The van der Waals surface area contributed by atoms with Gasteiger partial charge < -0.3 is 5.32 Å². The summed E-state index contributed by atoms with van der Waals surface area (Å²) < 4.78 is 27.3. The number of thiophene rings is 1. The number of nitrogens with one attached hydrogen (secondary N) is 2. The van der Waals surface area contributed by atoms with Crippen molar-refractivity contribution in [3.63, 3.8) is 0 Å². The molecule has 8 nitrogen and oxygen atoms in total. The molecule has 3 rings (SSSR count). The number of carbonyl (C=O) groups is 1. The van der Waals surface area contributed by atoms with Crippen molar-refractivity contribution in [1.82, 2.24) is 10.0 Å². The van der Waals surface area contributed by atoms with E-state index in [1.54, 1.807) is 18.3 Å². The molecule has 156 valence electrons. The van der Waals surface area contributed by atoms with E-state index in [4.69, 9.17) is 0 Å². The van der Waals surface area contributed by atoms with Gasteiger partial charge in [0, 0.05) is 29.0 Å². The van der Waals surface area contributed by atoms with Crippen molar-refractivity contribution in [3.05, 3.63) is 56.3 Å². The predicted octanol–water partition coefficient (Wildman–Crippen LogP) is 2.87. The number of benzene rings is 1. The van der Waals surface area contributed by atoms with E-state index < -0.39 is 27.4 Å². The Balaban J connectivity index is 1.63. The second-order valence-electron chi connectivity index (χ2n) is 7.27. The van der Waals surface area contributed by atoms with Crippen LogP contribution >= 0.6 is 11.3 Å². The van der Waals surface area contributed by atoms with Crippen LogP contribution in [0.3, 0.4) is 0 Å². The molecular weight excluding hydrogens is 414 g/mol. The monoisotopic (exact) mass is 437 g/mol. The summed E-state index contributed by atoms with van der Waals surface area (Å²) in [4.78, 5) is 23.6. The zero-order chi connectivity index (χ0) is 21.1. The first kappa shape index (κ1) is 21.4. The molecule has 2 aromatic rings. The molecule has 1 aromatic heterocycles. The van der Waals surface area contributed by atoms with Gasteiger partial charge in [0.25, 0.3) is 5.69 Å². The molecule has 1 aromatic carbocycles. The molecule has 0 aliphatic heterocycles. The van der Waals surface area contributed by atoms with Crippen LogP contribution < -0.4 is 10.0 Å². The molecule has 1 saturated carbocycles. The number of rotatable bonds is 8. The average Bonchev–Trinajstić information content (AvgIpc) is 3.37. The summed E-state index contributed by atoms with van der Waals surface area (Å²) in [7, 11) is -4.05. The first-order valence-electron chi connectivity index (χ1n) is 9.29. The van der Waals surface area contributed by atoms with Gasteiger partial charge in [-0.1, -0.05) is 25.0 Å². The third-order valence-corrected chi connectivity index (χ3v) is 7.98. The lowest BCUT2D eigenvalue weighted by Crippen LogP contribution is -2.43. The van der Waals surface area contributed by atoms with Crippen LogP contribution in [-0.4, -0.2) is 32.3 Å². The van der Waals surface area contributed by atoms with Crippen molar-refractivity contribution in [3.8, 4) is 0 Å². The van der Waals surface area contributed by atoms with Crippen LogP contribution in [0.25, 0.3) is 0 Å². The number of nitrogens with zero attached hydrogens (tertiary/aromatic N) is 1. The van der Waals surface area contributed by atoms with Crippen molar-refractivity contribution >= 4 is 33.0 Å². The fourth-order valence-corrected chi connectivity index (χ4v) is 5.93. The fraction of sp³-hybridized carbons (Fsp3) is 0.421. The van der Waals surface area contributed by atoms with E-state index in [0.29, 0.717) is 12.1 Å². The van der Waals surface area contributed by atoms with Gasteiger partial charge in [-0.3, -0.25) is 14.9 Å². The minimum atomic E-state index is -4.05. The van der Waals surface area contributed by atoms with Gasteiger partial charge in [0.05, 0.1) is 16.4 Å². The maximum atomic E-state index is 12.5. The minimum Gasteiger partial charge on any atom is -0.354 e. The van der Waals surface area contributed by atoms with Gasteiger partial charge in [0.1, 0.15) is 0 Å². The van der Waals surface area contributed by atoms with Crippen LogP contribution in [0.4, 0.5) is 5.69 Å². The number of hydrogen-bond acceptors (Lipinski definition) is 6. The topological polar surface area (TPSA) is 118 Å². The average molecular weight is 438 g/mol. The highest BCUT2D eigenvalue weighted by Gasteiger charge is 2.36. The molecule has 1 aliphatic rings. The van der Waals surface area contributed by atoms with Crippen molar-refractivity contribution in [2.75, 3.05) is 13.1 Å². The van der Waals surface area contributed by atoms with E-state index in [1.165, 1.54) is 17.0 Å². The SMILES string of the molecule is Cc1ccc([N+](=O)[O-])cc1S(=O)(=O)NCC(=O)NCC1(c2cccs2)CCCC1. The molecule has 1 fully saturated rings. The zero-order valence-corrected chi connectivity index (χ0v) is 17.6. The molecule has 2 N–H and O–H groups in total. The number of non-ortho nitro benzene ring substituents is 1. The Kier molecular flexibility index (Phi) is 6.35. The molecule has 0 spiro atoms. The fourth-order valence-electron chi connectivity index (χ4n) is 3.70. The van der Waals surface area contributed by atoms with E-state index in [1.807, 2.05) is 11.4 Å². The molecular formula is C19H23N3O5S2. The van der Waals surface area contributed by atoms with Gasteiger partial charge in [-0.2, -0.15) is 0 Å². The van der Waals surface area contributed by atoms with Crippen molar-refractivity contribution < 1.29 is 18.1 Å². The summed E-state index contributed by atoms with van der Waals surface area (Å²) in [5.41, 5.74) is -0.0371. The standard InChI is InChI=1S/C19H23N3O5S2/c1-14-6-7-15(22(24)25)11-16(14)29(26,27)21-12-18(23)20-13-19(8-2-3-9-19)17-5-4-10-28-17/h4-7,10-11,21H,2-3,8-9,12-13H2,1H3,(H,20,23). The third-order valence-electron chi connectivity index (χ3n) is 5.32. The molecule has 0 atom stereocenters. The molecule has 0 radical (unpaired) electrons. The van der Waals surface area contributed by atoms with E-state index >= 15 is 0 Å². The van der Waals surface area contributed by atoms with Crippen LogP contribution in [-0.2, 0) is 20.2 Å². The Morgan fingerprint density at radius 3 is 2.62 bits per heavy atom. The minimum absolute atomic E-state index is 0.0840. The first-order chi connectivity index (χ1) is 13.7. The van der Waals surface area contributed by atoms with Crippen molar-refractivity contribution in [2.24, 2.45) is 0 Å². The van der Waals surface area contributed by atoms with E-state index in [2.05, 4.69) is 16.1 Å². The highest BCUT2D eigenvalue weighted by molar-refractivity contribution is 7.89. The van der Waals surface area contributed by atoms with Crippen LogP contribution in [0.2, 0.25) is 0 Å². The molecule has 1 aliphatic carbocycles. The Morgan fingerprint density at radius 2 is 2.00 bits per heavy atom. The second-order valence-corrected chi connectivity index (χ2v) is 9.96. The highest BCUT2D eigenvalue weighted by Crippen LogP contribution is 2.42. The normalized spacial score (nSPS) is 15.9. The lowest BCUT2D eigenvalue weighted by atomic mass is 9.84. The zero-order valence-electron chi connectivity index (χ0n) is 16.0. The Morgan fingerprint density at radius 1 is 1.28 bits per heavy atom. The number of amides is 1. The maximum absolute atomic E-state index is 12.5. The van der Waals surface area contributed by atoms with Gasteiger partial charge >= 0.3 is 0 Å². The van der Waals surface area contributed by atoms with Crippen molar-refractivity contribution in [2.45, 2.75) is 42.9 Å². The summed E-state index contributed by atoms with van der Waals surface area (Å²) in [5.74, 6) is -0.431. The number of sulfonamides is 1. The van der Waals surface area contributed by atoms with Gasteiger partial charge in [0.2, 0.25) is 15.9 Å². The molecule has 10 heteroatoms. The molecule has 0 unspecified atom stereocenters. The van der Waals surface area contributed by atoms with E-state index in [9.17, 15) is 23.3 Å². The Hall–Kier alpha value is -2.30. The van der Waals surface area contributed by atoms with Crippen LogP contribution in [0.1, 0.15) is 36.1 Å². The molecule has 29 heavy (non-hydrogen) atoms. The van der Waals surface area contributed by atoms with Gasteiger partial charge in [-0.25, -0.2) is 13.1 Å². The van der Waals surface area contributed by atoms with Gasteiger partial charge in [0.15, 0.2) is 0 Å². The quantitative estimate of drug-likeness (QED) is 0.486. The number of carbonyl (C=O) groups excluding carboxylic acids is 1. The smallest absolute Gasteiger partial charge is 0.270 e. The summed E-state index contributed by atoms with van der Waals surface area (Å²) in [6.45, 7) is 1.58. The molecule has 1 amide bonds. The number of hydrogen-bond donors (Lipinski definition) is 2. The lowest BCUT2D eigenvalue weighted by Gasteiger charge is -2.28.